The fourth-order valence-electron chi connectivity index (χ4n) is 1.63. The molecule has 0 atom stereocenters. The van der Waals surface area contributed by atoms with Gasteiger partial charge >= 0.3 is 0 Å². The molecule has 0 saturated carbocycles. The Morgan fingerprint density at radius 2 is 1.93 bits per heavy atom. The summed E-state index contributed by atoms with van der Waals surface area (Å²) >= 11 is 0. The molecule has 80 valence electrons. The van der Waals surface area contributed by atoms with Crippen molar-refractivity contribution < 1.29 is 5.11 Å². The molecule has 0 saturated heterocycles. The van der Waals surface area contributed by atoms with Crippen LogP contribution in [0.3, 0.4) is 0 Å². The van der Waals surface area contributed by atoms with Crippen LogP contribution in [0, 0.1) is 13.8 Å². The molecule has 0 aromatic carbocycles. The standard InChI is InChI=1S/C11H20N2O/c1-10-9-11(2)13(12-10)7-5-3-4-6-8-14/h9,14H,3-8H2,1-2H3. The van der Waals surface area contributed by atoms with Crippen molar-refractivity contribution in [1.82, 2.24) is 9.78 Å². The van der Waals surface area contributed by atoms with Crippen molar-refractivity contribution in [2.75, 3.05) is 6.61 Å². The molecule has 1 rings (SSSR count). The van der Waals surface area contributed by atoms with Crippen molar-refractivity contribution in [3.8, 4) is 0 Å². The average molecular weight is 196 g/mol. The maximum absolute atomic E-state index is 8.61. The van der Waals surface area contributed by atoms with Crippen molar-refractivity contribution in [1.29, 1.82) is 0 Å². The predicted octanol–water partition coefficient (Wildman–Crippen LogP) is 2.05. The van der Waals surface area contributed by atoms with Crippen LogP contribution in [-0.4, -0.2) is 21.5 Å². The van der Waals surface area contributed by atoms with Gasteiger partial charge in [-0.05, 0) is 32.8 Å². The van der Waals surface area contributed by atoms with E-state index in [9.17, 15) is 0 Å². The van der Waals surface area contributed by atoms with Crippen molar-refractivity contribution in [2.24, 2.45) is 0 Å². The van der Waals surface area contributed by atoms with Gasteiger partial charge in [-0.1, -0.05) is 12.8 Å². The zero-order chi connectivity index (χ0) is 10.4. The molecule has 3 heteroatoms. The molecule has 0 amide bonds. The highest BCUT2D eigenvalue weighted by Gasteiger charge is 1.99. The van der Waals surface area contributed by atoms with E-state index in [1.54, 1.807) is 0 Å². The van der Waals surface area contributed by atoms with E-state index in [0.29, 0.717) is 6.61 Å². The predicted molar refractivity (Wildman–Crippen MR) is 57.3 cm³/mol. The van der Waals surface area contributed by atoms with E-state index in [-0.39, 0.29) is 0 Å². The van der Waals surface area contributed by atoms with Gasteiger partial charge in [0.1, 0.15) is 0 Å². The smallest absolute Gasteiger partial charge is 0.0596 e. The molecule has 0 unspecified atom stereocenters. The van der Waals surface area contributed by atoms with Gasteiger partial charge < -0.3 is 5.11 Å². The normalized spacial score (nSPS) is 10.8. The first-order valence-corrected chi connectivity index (χ1v) is 5.36. The van der Waals surface area contributed by atoms with E-state index < -0.39 is 0 Å². The molecule has 0 aliphatic rings. The third-order valence-corrected chi connectivity index (χ3v) is 2.38. The van der Waals surface area contributed by atoms with Crippen molar-refractivity contribution in [2.45, 2.75) is 46.1 Å². The monoisotopic (exact) mass is 196 g/mol. The van der Waals surface area contributed by atoms with Gasteiger partial charge in [-0.2, -0.15) is 5.10 Å². The number of aryl methyl sites for hydroxylation is 3. The number of aliphatic hydroxyl groups excluding tert-OH is 1. The number of unbranched alkanes of at least 4 members (excludes halogenated alkanes) is 3. The van der Waals surface area contributed by atoms with E-state index in [2.05, 4.69) is 22.8 Å². The van der Waals surface area contributed by atoms with Gasteiger partial charge in [-0.3, -0.25) is 4.68 Å². The lowest BCUT2D eigenvalue weighted by atomic mass is 10.2. The molecule has 1 aromatic heterocycles. The summed E-state index contributed by atoms with van der Waals surface area (Å²) in [7, 11) is 0. The molecule has 0 radical (unpaired) electrons. The van der Waals surface area contributed by atoms with Crippen LogP contribution in [0.1, 0.15) is 37.1 Å². The summed E-state index contributed by atoms with van der Waals surface area (Å²) in [6.45, 7) is 5.44. The molecular formula is C11H20N2O. The third-order valence-electron chi connectivity index (χ3n) is 2.38. The second-order valence-electron chi connectivity index (χ2n) is 3.79. The lowest BCUT2D eigenvalue weighted by Gasteiger charge is -2.03. The quantitative estimate of drug-likeness (QED) is 0.707. The zero-order valence-corrected chi connectivity index (χ0v) is 9.16. The van der Waals surface area contributed by atoms with Gasteiger partial charge in [0, 0.05) is 18.8 Å². The number of hydrogen-bond donors (Lipinski definition) is 1. The topological polar surface area (TPSA) is 38.0 Å². The maximum Gasteiger partial charge on any atom is 0.0596 e. The van der Waals surface area contributed by atoms with Crippen molar-refractivity contribution in [3.05, 3.63) is 17.5 Å². The van der Waals surface area contributed by atoms with E-state index >= 15 is 0 Å². The van der Waals surface area contributed by atoms with Crippen LogP contribution in [-0.2, 0) is 6.54 Å². The Morgan fingerprint density at radius 1 is 1.21 bits per heavy atom. The molecule has 0 fully saturated rings. The Balaban J connectivity index is 2.21. The zero-order valence-electron chi connectivity index (χ0n) is 9.16. The minimum atomic E-state index is 0.319. The van der Waals surface area contributed by atoms with E-state index in [1.807, 2.05) is 6.92 Å². The molecule has 3 nitrogen and oxygen atoms in total. The van der Waals surface area contributed by atoms with Crippen molar-refractivity contribution in [3.63, 3.8) is 0 Å². The van der Waals surface area contributed by atoms with Crippen LogP contribution in [0.15, 0.2) is 6.07 Å². The van der Waals surface area contributed by atoms with E-state index in [1.165, 1.54) is 12.1 Å². The van der Waals surface area contributed by atoms with Gasteiger partial charge in [0.2, 0.25) is 0 Å². The summed E-state index contributed by atoms with van der Waals surface area (Å²) in [6.07, 6.45) is 4.38. The Kier molecular flexibility index (Phi) is 4.66. The fourth-order valence-corrected chi connectivity index (χ4v) is 1.63. The lowest BCUT2D eigenvalue weighted by Crippen LogP contribution is -2.02. The first-order chi connectivity index (χ1) is 6.74. The highest BCUT2D eigenvalue weighted by atomic mass is 16.2. The second kappa shape index (κ2) is 5.81. The Morgan fingerprint density at radius 3 is 2.50 bits per heavy atom. The van der Waals surface area contributed by atoms with Crippen molar-refractivity contribution >= 4 is 0 Å². The van der Waals surface area contributed by atoms with Crippen LogP contribution in [0.4, 0.5) is 0 Å². The number of rotatable bonds is 6. The maximum atomic E-state index is 8.61. The first-order valence-electron chi connectivity index (χ1n) is 5.36. The first kappa shape index (κ1) is 11.2. The highest BCUT2D eigenvalue weighted by molar-refractivity contribution is 5.06. The van der Waals surface area contributed by atoms with Crippen LogP contribution >= 0.6 is 0 Å². The molecule has 0 spiro atoms. The van der Waals surface area contributed by atoms with Crippen LogP contribution in [0.2, 0.25) is 0 Å². The van der Waals surface area contributed by atoms with Gasteiger partial charge in [-0.25, -0.2) is 0 Å². The van der Waals surface area contributed by atoms with Crippen LogP contribution < -0.4 is 0 Å². The largest absolute Gasteiger partial charge is 0.396 e. The molecular weight excluding hydrogens is 176 g/mol. The minimum Gasteiger partial charge on any atom is -0.396 e. The molecule has 0 bridgehead atoms. The van der Waals surface area contributed by atoms with E-state index in [0.717, 1.165) is 31.5 Å². The SMILES string of the molecule is Cc1cc(C)n(CCCCCCO)n1. The van der Waals surface area contributed by atoms with Crippen LogP contribution in [0.25, 0.3) is 0 Å². The van der Waals surface area contributed by atoms with Gasteiger partial charge in [0.15, 0.2) is 0 Å². The number of aromatic nitrogens is 2. The van der Waals surface area contributed by atoms with Gasteiger partial charge in [0.25, 0.3) is 0 Å². The third kappa shape index (κ3) is 3.50. The van der Waals surface area contributed by atoms with Gasteiger partial charge in [-0.15, -0.1) is 0 Å². The Bertz CT molecular complexity index is 268. The fraction of sp³-hybridized carbons (Fsp3) is 0.727. The van der Waals surface area contributed by atoms with E-state index in [4.69, 9.17) is 5.11 Å². The summed E-state index contributed by atoms with van der Waals surface area (Å²) < 4.78 is 2.06. The van der Waals surface area contributed by atoms with Gasteiger partial charge in [0.05, 0.1) is 5.69 Å². The highest BCUT2D eigenvalue weighted by Crippen LogP contribution is 2.05. The summed E-state index contributed by atoms with van der Waals surface area (Å²) in [6, 6.07) is 2.10. The Labute approximate surface area is 85.8 Å². The number of nitrogens with zero attached hydrogens (tertiary/aromatic N) is 2. The number of hydrogen-bond acceptors (Lipinski definition) is 2. The Hall–Kier alpha value is -0.830. The average Bonchev–Trinajstić information content (AvgIpc) is 2.45. The second-order valence-corrected chi connectivity index (χ2v) is 3.79. The number of aliphatic hydroxyl groups is 1. The molecule has 1 aromatic rings. The summed E-state index contributed by atoms with van der Waals surface area (Å²) in [5, 5.41) is 13.0. The molecule has 1 heterocycles. The summed E-state index contributed by atoms with van der Waals surface area (Å²) in [5.41, 5.74) is 2.34. The summed E-state index contributed by atoms with van der Waals surface area (Å²) in [4.78, 5) is 0. The molecule has 1 N–H and O–H groups in total. The summed E-state index contributed by atoms with van der Waals surface area (Å²) in [5.74, 6) is 0. The van der Waals surface area contributed by atoms with Crippen LogP contribution in [0.5, 0.6) is 0 Å². The molecule has 14 heavy (non-hydrogen) atoms. The molecule has 0 aliphatic carbocycles. The minimum absolute atomic E-state index is 0.319. The lowest BCUT2D eigenvalue weighted by molar-refractivity contribution is 0.282. The molecule has 0 aliphatic heterocycles.